The summed E-state index contributed by atoms with van der Waals surface area (Å²) in [5.74, 6) is 0.202. The van der Waals surface area contributed by atoms with Crippen molar-refractivity contribution in [3.05, 3.63) is 46.5 Å². The van der Waals surface area contributed by atoms with Gasteiger partial charge in [-0.1, -0.05) is 43.1 Å². The number of ketones is 1. The lowest BCUT2D eigenvalue weighted by Gasteiger charge is -2.44. The highest BCUT2D eigenvalue weighted by Gasteiger charge is 2.51. The number of aromatic nitrogens is 3. The number of halogens is 2. The molecule has 1 fully saturated rings. The summed E-state index contributed by atoms with van der Waals surface area (Å²) < 4.78 is 1.73. The van der Waals surface area contributed by atoms with Crippen LogP contribution in [0.5, 0.6) is 0 Å². The number of nitrogens with zero attached hydrogens (tertiary/aromatic N) is 3. The second-order valence-electron chi connectivity index (χ2n) is 6.86. The summed E-state index contributed by atoms with van der Waals surface area (Å²) in [7, 11) is 0. The zero-order valence-corrected chi connectivity index (χ0v) is 14.7. The predicted molar refractivity (Wildman–Crippen MR) is 90.8 cm³/mol. The number of rotatable bonds is 5. The second kappa shape index (κ2) is 5.91. The van der Waals surface area contributed by atoms with Gasteiger partial charge in [0.25, 0.3) is 0 Å². The molecule has 2 aromatic rings. The van der Waals surface area contributed by atoms with Gasteiger partial charge in [-0.3, -0.25) is 4.79 Å². The van der Waals surface area contributed by atoms with E-state index in [4.69, 9.17) is 23.2 Å². The molecule has 0 unspecified atom stereocenters. The molecule has 1 saturated carbocycles. The first-order valence-electron chi connectivity index (χ1n) is 7.69. The van der Waals surface area contributed by atoms with E-state index in [9.17, 15) is 4.79 Å². The third kappa shape index (κ3) is 2.90. The SMILES string of the molecule is CC(C)(Cc1ccc(Cl)c(Cl)c1)C(=O)C1(n2cncn2)CCC1. The zero-order chi connectivity index (χ0) is 16.7. The molecule has 0 saturated heterocycles. The van der Waals surface area contributed by atoms with Gasteiger partial charge >= 0.3 is 0 Å². The number of benzene rings is 1. The summed E-state index contributed by atoms with van der Waals surface area (Å²) >= 11 is 12.1. The number of Topliss-reactive ketones (excluding diaryl/α,β-unsaturated/α-hetero) is 1. The fourth-order valence-corrected chi connectivity index (χ4v) is 3.69. The van der Waals surface area contributed by atoms with Gasteiger partial charge in [-0.25, -0.2) is 9.67 Å². The van der Waals surface area contributed by atoms with Gasteiger partial charge in [0.15, 0.2) is 5.78 Å². The number of hydrogen-bond acceptors (Lipinski definition) is 3. The molecule has 0 amide bonds. The Bertz CT molecular complexity index is 721. The second-order valence-corrected chi connectivity index (χ2v) is 7.68. The van der Waals surface area contributed by atoms with Crippen molar-refractivity contribution in [3.63, 3.8) is 0 Å². The fraction of sp³-hybridized carbons (Fsp3) is 0.471. The van der Waals surface area contributed by atoms with Crippen LogP contribution in [0.3, 0.4) is 0 Å². The van der Waals surface area contributed by atoms with Crippen molar-refractivity contribution in [1.82, 2.24) is 14.8 Å². The quantitative estimate of drug-likeness (QED) is 0.806. The van der Waals surface area contributed by atoms with Crippen molar-refractivity contribution < 1.29 is 4.79 Å². The van der Waals surface area contributed by atoms with Crippen molar-refractivity contribution in [2.45, 2.75) is 45.1 Å². The van der Waals surface area contributed by atoms with Gasteiger partial charge in [0.2, 0.25) is 0 Å². The van der Waals surface area contributed by atoms with Crippen molar-refractivity contribution in [2.75, 3.05) is 0 Å². The summed E-state index contributed by atoms with van der Waals surface area (Å²) in [4.78, 5) is 17.3. The Labute approximate surface area is 145 Å². The van der Waals surface area contributed by atoms with Crippen LogP contribution < -0.4 is 0 Å². The third-order valence-corrected chi connectivity index (χ3v) is 5.44. The molecule has 1 aliphatic rings. The van der Waals surface area contributed by atoms with Crippen LogP contribution in [0.15, 0.2) is 30.9 Å². The van der Waals surface area contributed by atoms with E-state index < -0.39 is 11.0 Å². The molecule has 0 atom stereocenters. The van der Waals surface area contributed by atoms with Crippen LogP contribution in [0.1, 0.15) is 38.7 Å². The van der Waals surface area contributed by atoms with Gasteiger partial charge in [0.1, 0.15) is 18.2 Å². The molecule has 0 aliphatic heterocycles. The monoisotopic (exact) mass is 351 g/mol. The largest absolute Gasteiger partial charge is 0.296 e. The Morgan fingerprint density at radius 3 is 2.57 bits per heavy atom. The van der Waals surface area contributed by atoms with Crippen LogP contribution in [0.4, 0.5) is 0 Å². The maximum absolute atomic E-state index is 13.3. The summed E-state index contributed by atoms with van der Waals surface area (Å²) in [6, 6.07) is 5.53. The molecular weight excluding hydrogens is 333 g/mol. The Balaban J connectivity index is 1.86. The minimum atomic E-state index is -0.545. The van der Waals surface area contributed by atoms with E-state index in [1.165, 1.54) is 6.33 Å². The lowest BCUT2D eigenvalue weighted by molar-refractivity contribution is -0.141. The lowest BCUT2D eigenvalue weighted by atomic mass is 9.64. The summed E-state index contributed by atoms with van der Waals surface area (Å²) in [5, 5.41) is 5.27. The summed E-state index contributed by atoms with van der Waals surface area (Å²) in [5.41, 5.74) is -0.0643. The Hall–Kier alpha value is -1.39. The van der Waals surface area contributed by atoms with Crippen LogP contribution in [0.25, 0.3) is 0 Å². The Kier molecular flexibility index (Phi) is 4.23. The minimum Gasteiger partial charge on any atom is -0.296 e. The van der Waals surface area contributed by atoms with Crippen LogP contribution in [-0.4, -0.2) is 20.5 Å². The first-order chi connectivity index (χ1) is 10.8. The maximum Gasteiger partial charge on any atom is 0.166 e. The molecule has 122 valence electrons. The maximum atomic E-state index is 13.3. The van der Waals surface area contributed by atoms with E-state index in [-0.39, 0.29) is 5.78 Å². The van der Waals surface area contributed by atoms with Gasteiger partial charge in [-0.2, -0.15) is 5.10 Å². The average molecular weight is 352 g/mol. The van der Waals surface area contributed by atoms with Gasteiger partial charge < -0.3 is 0 Å². The molecule has 0 spiro atoms. The van der Waals surface area contributed by atoms with Crippen LogP contribution in [-0.2, 0) is 16.8 Å². The standard InChI is InChI=1S/C17H19Cl2N3O/c1-16(2,9-12-4-5-13(18)14(19)8-12)15(23)17(6-3-7-17)22-11-20-10-21-22/h4-5,8,10-11H,3,6-7,9H2,1-2H3. The normalized spacial score (nSPS) is 16.9. The topological polar surface area (TPSA) is 47.8 Å². The zero-order valence-electron chi connectivity index (χ0n) is 13.2. The smallest absolute Gasteiger partial charge is 0.166 e. The van der Waals surface area contributed by atoms with E-state index in [0.717, 1.165) is 24.8 Å². The molecule has 23 heavy (non-hydrogen) atoms. The third-order valence-electron chi connectivity index (χ3n) is 4.71. The van der Waals surface area contributed by atoms with Crippen LogP contribution in [0.2, 0.25) is 10.0 Å². The van der Waals surface area contributed by atoms with Gasteiger partial charge in [0, 0.05) is 5.41 Å². The molecule has 1 aromatic carbocycles. The molecule has 6 heteroatoms. The molecule has 1 aliphatic carbocycles. The average Bonchev–Trinajstić information content (AvgIpc) is 2.96. The molecule has 0 radical (unpaired) electrons. The van der Waals surface area contributed by atoms with Crippen LogP contribution >= 0.6 is 23.2 Å². The summed E-state index contributed by atoms with van der Waals surface area (Å²) in [6.45, 7) is 3.96. The molecule has 3 rings (SSSR count). The van der Waals surface area contributed by atoms with Crippen molar-refractivity contribution in [3.8, 4) is 0 Å². The first-order valence-corrected chi connectivity index (χ1v) is 8.45. The highest BCUT2D eigenvalue weighted by atomic mass is 35.5. The van der Waals surface area contributed by atoms with Crippen LogP contribution in [0, 0.1) is 5.41 Å². The van der Waals surface area contributed by atoms with Crippen molar-refractivity contribution >= 4 is 29.0 Å². The Morgan fingerprint density at radius 1 is 1.30 bits per heavy atom. The van der Waals surface area contributed by atoms with Crippen molar-refractivity contribution in [2.24, 2.45) is 5.41 Å². The molecule has 0 bridgehead atoms. The minimum absolute atomic E-state index is 0.202. The molecule has 4 nitrogen and oxygen atoms in total. The number of carbonyl (C=O) groups is 1. The van der Waals surface area contributed by atoms with E-state index in [1.54, 1.807) is 17.1 Å². The van der Waals surface area contributed by atoms with E-state index in [1.807, 2.05) is 26.0 Å². The van der Waals surface area contributed by atoms with Gasteiger partial charge in [-0.15, -0.1) is 0 Å². The van der Waals surface area contributed by atoms with E-state index in [0.29, 0.717) is 16.5 Å². The number of hydrogen-bond donors (Lipinski definition) is 0. The first kappa shape index (κ1) is 16.5. The highest BCUT2D eigenvalue weighted by Crippen LogP contribution is 2.45. The molecule has 1 aromatic heterocycles. The highest BCUT2D eigenvalue weighted by molar-refractivity contribution is 6.42. The molecule has 1 heterocycles. The van der Waals surface area contributed by atoms with E-state index >= 15 is 0 Å². The van der Waals surface area contributed by atoms with Crippen molar-refractivity contribution in [1.29, 1.82) is 0 Å². The predicted octanol–water partition coefficient (Wildman–Crippen LogP) is 4.30. The molecule has 0 N–H and O–H groups in total. The lowest BCUT2D eigenvalue weighted by Crippen LogP contribution is -2.53. The Morgan fingerprint density at radius 2 is 2.04 bits per heavy atom. The number of carbonyl (C=O) groups excluding carboxylic acids is 1. The van der Waals surface area contributed by atoms with Gasteiger partial charge in [-0.05, 0) is 43.4 Å². The van der Waals surface area contributed by atoms with E-state index in [2.05, 4.69) is 10.1 Å². The molecular formula is C17H19Cl2N3O. The fourth-order valence-electron chi connectivity index (χ4n) is 3.37. The van der Waals surface area contributed by atoms with Gasteiger partial charge in [0.05, 0.1) is 10.0 Å². The summed E-state index contributed by atoms with van der Waals surface area (Å²) in [6.07, 6.45) is 6.42.